The molecule has 1 aromatic carbocycles. The Balaban J connectivity index is 3.00. The fourth-order valence-corrected chi connectivity index (χ4v) is 1.16. The quantitative estimate of drug-likeness (QED) is 0.768. The van der Waals surface area contributed by atoms with Crippen LogP contribution in [0.2, 0.25) is 0 Å². The molecule has 0 spiro atoms. The zero-order valence-electron chi connectivity index (χ0n) is 9.15. The molecule has 0 heterocycles. The lowest BCUT2D eigenvalue weighted by atomic mass is 10.2. The largest absolute Gasteiger partial charge is 0.573 e. The summed E-state index contributed by atoms with van der Waals surface area (Å²) < 4.78 is 44.5. The third kappa shape index (κ3) is 4.36. The minimum atomic E-state index is -4.82. The normalized spacial score (nSPS) is 11.6. The van der Waals surface area contributed by atoms with Crippen molar-refractivity contribution < 1.29 is 32.5 Å². The van der Waals surface area contributed by atoms with Crippen LogP contribution in [0, 0.1) is 0 Å². The fourth-order valence-electron chi connectivity index (χ4n) is 1.16. The molecule has 0 amide bonds. The van der Waals surface area contributed by atoms with Gasteiger partial charge < -0.3 is 19.4 Å². The highest BCUT2D eigenvalue weighted by Gasteiger charge is 2.32. The van der Waals surface area contributed by atoms with Gasteiger partial charge in [0.25, 0.3) is 0 Å². The second-order valence-electron chi connectivity index (χ2n) is 3.11. The molecule has 0 aliphatic heterocycles. The zero-order chi connectivity index (χ0) is 13.8. The number of carbonyl (C=O) groups is 1. The molecule has 0 fully saturated rings. The van der Waals surface area contributed by atoms with Crippen LogP contribution in [0.15, 0.2) is 24.3 Å². The first-order valence-corrected chi connectivity index (χ1v) is 4.64. The third-order valence-electron chi connectivity index (χ3n) is 1.83. The van der Waals surface area contributed by atoms with Gasteiger partial charge in [-0.3, -0.25) is 0 Å². The number of hydrogen-bond donors (Lipinski definition) is 0. The van der Waals surface area contributed by atoms with Crippen molar-refractivity contribution in [2.24, 2.45) is 0 Å². The maximum atomic E-state index is 12.0. The van der Waals surface area contributed by atoms with Crippen LogP contribution >= 0.6 is 0 Å². The summed E-state index contributed by atoms with van der Waals surface area (Å²) >= 11 is 0. The minimum Gasteiger partial charge on any atom is -0.545 e. The molecule has 0 aliphatic rings. The van der Waals surface area contributed by atoms with Gasteiger partial charge in [0.1, 0.15) is 0 Å². The summed E-state index contributed by atoms with van der Waals surface area (Å²) in [5.41, 5.74) is 0.338. The number of carboxylic acid groups (broad SMARTS) is 1. The van der Waals surface area contributed by atoms with Crippen molar-refractivity contribution in [3.05, 3.63) is 29.8 Å². The molecule has 1 aromatic rings. The molecule has 18 heavy (non-hydrogen) atoms. The average molecular weight is 261 g/mol. The number of ether oxygens (including phenoxy) is 2. The number of carbonyl (C=O) groups excluding carboxylic acids is 1. The molecule has 0 aromatic heterocycles. The van der Waals surface area contributed by atoms with E-state index in [1.165, 1.54) is 19.2 Å². The maximum absolute atomic E-state index is 12.0. The molecule has 7 heteroatoms. The predicted octanol–water partition coefficient (Wildman–Crippen LogP) is 1.36. The van der Waals surface area contributed by atoms with Gasteiger partial charge in [-0.05, 0) is 23.8 Å². The molecular weight excluding hydrogens is 253 g/mol. The van der Waals surface area contributed by atoms with Crippen LogP contribution in [0.1, 0.15) is 5.56 Å². The molecule has 0 saturated carbocycles. The second-order valence-corrected chi connectivity index (χ2v) is 3.11. The number of halogens is 3. The van der Waals surface area contributed by atoms with Crippen LogP contribution in [-0.4, -0.2) is 19.4 Å². The lowest BCUT2D eigenvalue weighted by Gasteiger charge is -2.12. The lowest BCUT2D eigenvalue weighted by Crippen LogP contribution is -2.18. The van der Waals surface area contributed by atoms with Crippen molar-refractivity contribution in [3.63, 3.8) is 0 Å². The molecule has 4 nitrogen and oxygen atoms in total. The molecule has 0 unspecified atom stereocenters. The van der Waals surface area contributed by atoms with Gasteiger partial charge in [-0.1, -0.05) is 12.1 Å². The number of hydrogen-bond acceptors (Lipinski definition) is 4. The Morgan fingerprint density at radius 1 is 1.33 bits per heavy atom. The van der Waals surface area contributed by atoms with Gasteiger partial charge in [0.2, 0.25) is 0 Å². The maximum Gasteiger partial charge on any atom is 0.573 e. The Bertz CT molecular complexity index is 466. The molecule has 0 atom stereocenters. The third-order valence-corrected chi connectivity index (χ3v) is 1.83. The van der Waals surface area contributed by atoms with Crippen molar-refractivity contribution in [1.29, 1.82) is 0 Å². The molecule has 1 rings (SSSR count). The van der Waals surface area contributed by atoms with E-state index in [-0.39, 0.29) is 5.75 Å². The van der Waals surface area contributed by atoms with Crippen LogP contribution in [0.25, 0.3) is 6.08 Å². The monoisotopic (exact) mass is 261 g/mol. The SMILES string of the molecule is COc1cc(/C=C/C(=O)[O-])ccc1OC(F)(F)F. The van der Waals surface area contributed by atoms with Gasteiger partial charge in [-0.25, -0.2) is 0 Å². The Kier molecular flexibility index (Phi) is 4.19. The molecule has 0 N–H and O–H groups in total. The highest BCUT2D eigenvalue weighted by atomic mass is 19.4. The Labute approximate surface area is 100 Å². The highest BCUT2D eigenvalue weighted by Crippen LogP contribution is 2.32. The van der Waals surface area contributed by atoms with E-state index in [0.29, 0.717) is 5.56 Å². The van der Waals surface area contributed by atoms with Gasteiger partial charge >= 0.3 is 6.36 Å². The standard InChI is InChI=1S/C11H9F3O4/c1-17-9-6-7(3-5-10(15)16)2-4-8(9)18-11(12,13)14/h2-6H,1H3,(H,15,16)/p-1/b5-3+. The van der Waals surface area contributed by atoms with E-state index in [4.69, 9.17) is 4.74 Å². The van der Waals surface area contributed by atoms with Gasteiger partial charge in [0, 0.05) is 0 Å². The summed E-state index contributed by atoms with van der Waals surface area (Å²) in [5, 5.41) is 10.2. The summed E-state index contributed by atoms with van der Waals surface area (Å²) in [6.07, 6.45) is -2.91. The number of aliphatic carboxylic acids is 1. The van der Waals surface area contributed by atoms with Gasteiger partial charge in [0.15, 0.2) is 11.5 Å². The Hall–Kier alpha value is -2.18. The molecular formula is C11H8F3O4-. The molecule has 0 saturated heterocycles. The Morgan fingerprint density at radius 2 is 2.00 bits per heavy atom. The summed E-state index contributed by atoms with van der Waals surface area (Å²) in [7, 11) is 1.17. The Morgan fingerprint density at radius 3 is 2.50 bits per heavy atom. The van der Waals surface area contributed by atoms with E-state index >= 15 is 0 Å². The van der Waals surface area contributed by atoms with Crippen molar-refractivity contribution in [2.75, 3.05) is 7.11 Å². The van der Waals surface area contributed by atoms with E-state index in [2.05, 4.69) is 4.74 Å². The van der Waals surface area contributed by atoms with Crippen LogP contribution in [0.5, 0.6) is 11.5 Å². The fraction of sp³-hybridized carbons (Fsp3) is 0.182. The van der Waals surface area contributed by atoms with Crippen molar-refractivity contribution in [3.8, 4) is 11.5 Å². The lowest BCUT2D eigenvalue weighted by molar-refractivity contribution is -0.297. The summed E-state index contributed by atoms with van der Waals surface area (Å²) in [6.45, 7) is 0. The number of alkyl halides is 3. The van der Waals surface area contributed by atoms with Crippen LogP contribution in [0.3, 0.4) is 0 Å². The summed E-state index contributed by atoms with van der Waals surface area (Å²) in [5.74, 6) is -2.08. The number of methoxy groups -OCH3 is 1. The van der Waals surface area contributed by atoms with E-state index in [1.54, 1.807) is 0 Å². The molecule has 0 aliphatic carbocycles. The van der Waals surface area contributed by atoms with E-state index in [9.17, 15) is 23.1 Å². The van der Waals surface area contributed by atoms with Crippen LogP contribution in [-0.2, 0) is 4.79 Å². The van der Waals surface area contributed by atoms with Gasteiger partial charge in [-0.2, -0.15) is 0 Å². The van der Waals surface area contributed by atoms with Gasteiger partial charge in [-0.15, -0.1) is 13.2 Å². The zero-order valence-corrected chi connectivity index (χ0v) is 9.15. The van der Waals surface area contributed by atoms with Crippen molar-refractivity contribution in [1.82, 2.24) is 0 Å². The second kappa shape index (κ2) is 5.44. The van der Waals surface area contributed by atoms with Crippen LogP contribution in [0.4, 0.5) is 13.2 Å². The first-order valence-electron chi connectivity index (χ1n) is 4.64. The van der Waals surface area contributed by atoms with E-state index < -0.39 is 18.1 Å². The molecule has 0 radical (unpaired) electrons. The van der Waals surface area contributed by atoms with Crippen LogP contribution < -0.4 is 14.6 Å². The summed E-state index contributed by atoms with van der Waals surface area (Å²) in [6, 6.07) is 3.49. The molecule has 0 bridgehead atoms. The number of benzene rings is 1. The number of carboxylic acids is 1. The van der Waals surface area contributed by atoms with Crippen molar-refractivity contribution >= 4 is 12.0 Å². The first kappa shape index (κ1) is 13.9. The smallest absolute Gasteiger partial charge is 0.545 e. The first-order chi connectivity index (χ1) is 8.31. The summed E-state index contributed by atoms with van der Waals surface area (Å²) in [4.78, 5) is 10.2. The average Bonchev–Trinajstić information content (AvgIpc) is 2.25. The van der Waals surface area contributed by atoms with Crippen molar-refractivity contribution in [2.45, 2.75) is 6.36 Å². The van der Waals surface area contributed by atoms with Gasteiger partial charge in [0.05, 0.1) is 13.1 Å². The minimum absolute atomic E-state index is 0.159. The topological polar surface area (TPSA) is 58.6 Å². The van der Waals surface area contributed by atoms with E-state index in [1.807, 2.05) is 0 Å². The highest BCUT2D eigenvalue weighted by molar-refractivity contribution is 5.83. The molecule has 98 valence electrons. The number of rotatable bonds is 4. The van der Waals surface area contributed by atoms with E-state index in [0.717, 1.165) is 18.2 Å². The predicted molar refractivity (Wildman–Crippen MR) is 53.7 cm³/mol.